The highest BCUT2D eigenvalue weighted by molar-refractivity contribution is 7.80. The molecule has 2 aliphatic rings. The first-order chi connectivity index (χ1) is 13.3. The number of benzene rings is 1. The minimum Gasteiger partial charge on any atom is -0.338 e. The number of quaternary nitrogens is 1. The Hall–Kier alpha value is -1.44. The fraction of sp³-hybridized carbons (Fsp3) is 0.600. The van der Waals surface area contributed by atoms with Gasteiger partial charge in [0, 0.05) is 18.8 Å². The maximum atomic E-state index is 13.3. The van der Waals surface area contributed by atoms with Gasteiger partial charge in [0.1, 0.15) is 5.82 Å². The summed E-state index contributed by atoms with van der Waals surface area (Å²) in [4.78, 5) is 18.1. The van der Waals surface area contributed by atoms with E-state index in [2.05, 4.69) is 24.1 Å². The van der Waals surface area contributed by atoms with Crippen molar-refractivity contribution in [3.8, 4) is 0 Å². The number of amides is 1. The molecule has 2 aliphatic heterocycles. The van der Waals surface area contributed by atoms with Crippen molar-refractivity contribution in [3.63, 3.8) is 0 Å². The minimum atomic E-state index is -0.447. The number of hydrogen-bond acceptors (Lipinski definition) is 2. The summed E-state index contributed by atoms with van der Waals surface area (Å²) in [6, 6.07) is 4.47. The molecule has 0 aliphatic carbocycles. The second-order valence-electron chi connectivity index (χ2n) is 8.22. The molecule has 0 saturated carbocycles. The Bertz CT molecular complexity index is 716. The number of hydrogen-bond donors (Lipinski definition) is 2. The summed E-state index contributed by atoms with van der Waals surface area (Å²) in [6.07, 6.45) is 1.21. The molecule has 0 radical (unpaired) electrons. The number of likely N-dealkylation sites (tertiary alicyclic amines) is 1. The van der Waals surface area contributed by atoms with Gasteiger partial charge in [0.25, 0.3) is 5.91 Å². The fourth-order valence-electron chi connectivity index (χ4n) is 4.17. The van der Waals surface area contributed by atoms with Crippen LogP contribution in [0.1, 0.15) is 20.3 Å². The number of halogens is 2. The molecule has 1 aromatic rings. The van der Waals surface area contributed by atoms with E-state index >= 15 is 0 Å². The molecule has 2 fully saturated rings. The van der Waals surface area contributed by atoms with Crippen molar-refractivity contribution in [1.29, 1.82) is 0 Å². The van der Waals surface area contributed by atoms with E-state index in [1.807, 2.05) is 4.90 Å². The first kappa shape index (κ1) is 21.3. The van der Waals surface area contributed by atoms with Crippen LogP contribution in [0, 0.1) is 17.7 Å². The van der Waals surface area contributed by atoms with Gasteiger partial charge in [-0.1, -0.05) is 25.4 Å². The van der Waals surface area contributed by atoms with Gasteiger partial charge in [0.2, 0.25) is 0 Å². The predicted molar refractivity (Wildman–Crippen MR) is 114 cm³/mol. The van der Waals surface area contributed by atoms with Crippen LogP contribution >= 0.6 is 23.8 Å². The van der Waals surface area contributed by atoms with Gasteiger partial charge in [-0.2, -0.15) is 0 Å². The molecular weight excluding hydrogens is 399 g/mol. The van der Waals surface area contributed by atoms with Crippen molar-refractivity contribution in [2.75, 3.05) is 51.1 Å². The summed E-state index contributed by atoms with van der Waals surface area (Å²) in [5, 5.41) is 3.79. The van der Waals surface area contributed by atoms with Gasteiger partial charge >= 0.3 is 0 Å². The third-order valence-electron chi connectivity index (χ3n) is 5.55. The molecule has 1 aromatic carbocycles. The summed E-state index contributed by atoms with van der Waals surface area (Å²) in [5.41, 5.74) is 0.676. The SMILES string of the molecule is C[C@H]1C[C@H](C)CN(C(=O)C[NH+]2CCN(C(=S)Nc3ccc(F)c(Cl)c3)CC2)C1. The molecule has 8 heteroatoms. The van der Waals surface area contributed by atoms with E-state index in [0.29, 0.717) is 29.2 Å². The quantitative estimate of drug-likeness (QED) is 0.723. The van der Waals surface area contributed by atoms with Crippen LogP contribution in [0.15, 0.2) is 18.2 Å². The maximum absolute atomic E-state index is 13.3. The van der Waals surface area contributed by atoms with E-state index < -0.39 is 5.82 Å². The molecule has 5 nitrogen and oxygen atoms in total. The van der Waals surface area contributed by atoms with Crippen LogP contribution in [0.2, 0.25) is 5.02 Å². The van der Waals surface area contributed by atoms with Crippen molar-refractivity contribution in [2.45, 2.75) is 20.3 Å². The first-order valence-electron chi connectivity index (χ1n) is 9.94. The average Bonchev–Trinajstić information content (AvgIpc) is 2.64. The van der Waals surface area contributed by atoms with Gasteiger partial charge in [-0.25, -0.2) is 4.39 Å². The topological polar surface area (TPSA) is 40.0 Å². The normalized spacial score (nSPS) is 23.6. The molecule has 0 unspecified atom stereocenters. The molecule has 2 saturated heterocycles. The Morgan fingerprint density at radius 1 is 1.25 bits per heavy atom. The molecule has 28 heavy (non-hydrogen) atoms. The van der Waals surface area contributed by atoms with Crippen LogP contribution in [0.5, 0.6) is 0 Å². The van der Waals surface area contributed by atoms with Crippen LogP contribution in [0.4, 0.5) is 10.1 Å². The number of piperidine rings is 1. The second kappa shape index (κ2) is 9.37. The number of carbonyl (C=O) groups excluding carboxylic acids is 1. The lowest BCUT2D eigenvalue weighted by Crippen LogP contribution is -3.15. The van der Waals surface area contributed by atoms with Crippen LogP contribution in [0.25, 0.3) is 0 Å². The zero-order valence-corrected chi connectivity index (χ0v) is 18.1. The molecule has 2 heterocycles. The number of anilines is 1. The molecule has 1 amide bonds. The highest BCUT2D eigenvalue weighted by Crippen LogP contribution is 2.21. The molecule has 3 rings (SSSR count). The largest absolute Gasteiger partial charge is 0.338 e. The predicted octanol–water partition coefficient (Wildman–Crippen LogP) is 1.88. The Labute approximate surface area is 176 Å². The van der Waals surface area contributed by atoms with E-state index in [-0.39, 0.29) is 10.9 Å². The molecule has 0 spiro atoms. The number of nitrogens with zero attached hydrogens (tertiary/aromatic N) is 2. The van der Waals surface area contributed by atoms with Gasteiger partial charge in [0.05, 0.1) is 31.2 Å². The maximum Gasteiger partial charge on any atom is 0.277 e. The van der Waals surface area contributed by atoms with Crippen LogP contribution in [0.3, 0.4) is 0 Å². The highest BCUT2D eigenvalue weighted by atomic mass is 35.5. The van der Waals surface area contributed by atoms with Crippen molar-refractivity contribution in [3.05, 3.63) is 29.0 Å². The smallest absolute Gasteiger partial charge is 0.277 e. The number of thiocarbonyl (C=S) groups is 1. The monoisotopic (exact) mass is 427 g/mol. The molecule has 2 atom stereocenters. The van der Waals surface area contributed by atoms with E-state index in [1.54, 1.807) is 6.07 Å². The van der Waals surface area contributed by atoms with Crippen molar-refractivity contribution in [1.82, 2.24) is 9.80 Å². The Morgan fingerprint density at radius 2 is 1.89 bits per heavy atom. The van der Waals surface area contributed by atoms with Gasteiger partial charge in [-0.15, -0.1) is 0 Å². The van der Waals surface area contributed by atoms with Crippen molar-refractivity contribution >= 4 is 40.5 Å². The van der Waals surface area contributed by atoms with E-state index in [0.717, 1.165) is 39.3 Å². The summed E-state index contributed by atoms with van der Waals surface area (Å²) in [6.45, 7) is 10.1. The summed E-state index contributed by atoms with van der Waals surface area (Å²) in [5.74, 6) is 0.993. The first-order valence-corrected chi connectivity index (χ1v) is 10.7. The zero-order chi connectivity index (χ0) is 20.3. The van der Waals surface area contributed by atoms with Crippen LogP contribution < -0.4 is 10.2 Å². The Balaban J connectivity index is 1.45. The van der Waals surface area contributed by atoms with Crippen molar-refractivity contribution < 1.29 is 14.1 Å². The van der Waals surface area contributed by atoms with Crippen molar-refractivity contribution in [2.24, 2.45) is 11.8 Å². The number of nitrogens with one attached hydrogen (secondary N) is 2. The molecule has 0 bridgehead atoms. The Kier molecular flexibility index (Phi) is 7.12. The highest BCUT2D eigenvalue weighted by Gasteiger charge is 2.29. The summed E-state index contributed by atoms with van der Waals surface area (Å²) >= 11 is 11.3. The fourth-order valence-corrected chi connectivity index (χ4v) is 4.65. The van der Waals surface area contributed by atoms with Gasteiger partial charge in [0.15, 0.2) is 11.7 Å². The molecule has 0 aromatic heterocycles. The molecular formula is C20H29ClFN4OS+. The van der Waals surface area contributed by atoms with Crippen LogP contribution in [-0.4, -0.2) is 66.6 Å². The molecule has 154 valence electrons. The van der Waals surface area contributed by atoms with E-state index in [1.165, 1.54) is 23.5 Å². The summed E-state index contributed by atoms with van der Waals surface area (Å²) < 4.78 is 13.3. The minimum absolute atomic E-state index is 0.0712. The third-order valence-corrected chi connectivity index (χ3v) is 6.20. The van der Waals surface area contributed by atoms with E-state index in [4.69, 9.17) is 23.8 Å². The van der Waals surface area contributed by atoms with Gasteiger partial charge < -0.3 is 20.0 Å². The van der Waals surface area contributed by atoms with E-state index in [9.17, 15) is 9.18 Å². The third kappa shape index (κ3) is 5.55. The lowest BCUT2D eigenvalue weighted by Gasteiger charge is -2.37. The number of rotatable bonds is 3. The lowest BCUT2D eigenvalue weighted by atomic mass is 9.92. The van der Waals surface area contributed by atoms with Gasteiger partial charge in [-0.05, 0) is 48.7 Å². The second-order valence-corrected chi connectivity index (χ2v) is 9.01. The number of carbonyl (C=O) groups is 1. The summed E-state index contributed by atoms with van der Waals surface area (Å²) in [7, 11) is 0. The average molecular weight is 428 g/mol. The zero-order valence-electron chi connectivity index (χ0n) is 16.5. The lowest BCUT2D eigenvalue weighted by molar-refractivity contribution is -0.896. The molecule has 2 N–H and O–H groups in total. The standard InChI is InChI=1S/C20H28ClFN4OS/c1-14-9-15(2)12-26(11-14)19(27)13-24-5-7-25(8-6-24)20(28)23-16-3-4-18(22)17(21)10-16/h3-4,10,14-15H,5-9,11-13H2,1-2H3,(H,23,28)/p+1/t14-,15-/m0/s1. The number of piperazine rings is 1. The van der Waals surface area contributed by atoms with Crippen LogP contribution in [-0.2, 0) is 4.79 Å². The van der Waals surface area contributed by atoms with Gasteiger partial charge in [-0.3, -0.25) is 4.79 Å². The Morgan fingerprint density at radius 3 is 2.50 bits per heavy atom.